The molecule has 9 aromatic rings. The van der Waals surface area contributed by atoms with Crippen LogP contribution in [0.4, 0.5) is 0 Å². The van der Waals surface area contributed by atoms with Crippen molar-refractivity contribution in [3.05, 3.63) is 164 Å². The second-order valence-corrected chi connectivity index (χ2v) is 11.2. The third-order valence-corrected chi connectivity index (χ3v) is 8.76. The SMILES string of the molecule is c1ccc(-c2ccc(-n3c4ccccc4c4cccc(-c5cnc6c7ccccc7n(-c7ccccc7)c6c5)c43)cc2)cc1. The van der Waals surface area contributed by atoms with Gasteiger partial charge in [-0.15, -0.1) is 0 Å². The molecule has 0 saturated carbocycles. The van der Waals surface area contributed by atoms with E-state index in [1.807, 2.05) is 6.20 Å². The fourth-order valence-electron chi connectivity index (χ4n) is 6.79. The van der Waals surface area contributed by atoms with Crippen molar-refractivity contribution < 1.29 is 0 Å². The fourth-order valence-corrected chi connectivity index (χ4v) is 6.79. The van der Waals surface area contributed by atoms with Gasteiger partial charge in [0.05, 0.1) is 27.6 Å². The second-order valence-electron chi connectivity index (χ2n) is 11.2. The Kier molecular flexibility index (Phi) is 5.50. The van der Waals surface area contributed by atoms with Gasteiger partial charge in [-0.25, -0.2) is 0 Å². The highest BCUT2D eigenvalue weighted by atomic mass is 15.0. The number of hydrogen-bond acceptors (Lipinski definition) is 1. The third kappa shape index (κ3) is 3.73. The molecule has 0 amide bonds. The molecule has 6 aromatic carbocycles. The van der Waals surface area contributed by atoms with Gasteiger partial charge in [0, 0.05) is 44.9 Å². The molecule has 44 heavy (non-hydrogen) atoms. The van der Waals surface area contributed by atoms with Crippen molar-refractivity contribution >= 4 is 43.7 Å². The van der Waals surface area contributed by atoms with E-state index in [2.05, 4.69) is 167 Å². The first-order chi connectivity index (χ1) is 21.8. The molecule has 0 atom stereocenters. The second kappa shape index (κ2) is 9.82. The predicted molar refractivity (Wildman–Crippen MR) is 184 cm³/mol. The third-order valence-electron chi connectivity index (χ3n) is 8.76. The molecule has 0 aliphatic heterocycles. The molecule has 0 aliphatic rings. The molecule has 0 radical (unpaired) electrons. The molecule has 0 aliphatic carbocycles. The van der Waals surface area contributed by atoms with Gasteiger partial charge in [0.15, 0.2) is 0 Å². The highest BCUT2D eigenvalue weighted by molar-refractivity contribution is 6.14. The van der Waals surface area contributed by atoms with Gasteiger partial charge in [-0.05, 0) is 53.6 Å². The van der Waals surface area contributed by atoms with Crippen LogP contribution >= 0.6 is 0 Å². The molecular formula is C41H27N3. The van der Waals surface area contributed by atoms with Crippen LogP contribution in [0.25, 0.3) is 77.4 Å². The van der Waals surface area contributed by atoms with Gasteiger partial charge in [-0.1, -0.05) is 115 Å². The average molecular weight is 562 g/mol. The van der Waals surface area contributed by atoms with Crippen LogP contribution in [0.5, 0.6) is 0 Å². The molecule has 0 saturated heterocycles. The molecule has 0 fully saturated rings. The maximum absolute atomic E-state index is 5.11. The minimum atomic E-state index is 1.01. The molecule has 3 aromatic heterocycles. The Labute approximate surface area is 254 Å². The Hall–Kier alpha value is -5.93. The zero-order valence-corrected chi connectivity index (χ0v) is 23.9. The maximum atomic E-state index is 5.11. The van der Waals surface area contributed by atoms with E-state index >= 15 is 0 Å². The Balaban J connectivity index is 1.31. The molecule has 9 rings (SSSR count). The normalized spacial score (nSPS) is 11.6. The zero-order chi connectivity index (χ0) is 29.0. The number of fused-ring (bicyclic) bond motifs is 6. The lowest BCUT2D eigenvalue weighted by molar-refractivity contribution is 1.17. The summed E-state index contributed by atoms with van der Waals surface area (Å²) >= 11 is 0. The van der Waals surface area contributed by atoms with Crippen molar-refractivity contribution in [3.8, 4) is 33.6 Å². The highest BCUT2D eigenvalue weighted by Gasteiger charge is 2.19. The van der Waals surface area contributed by atoms with Crippen LogP contribution in [0.1, 0.15) is 0 Å². The average Bonchev–Trinajstić information content (AvgIpc) is 3.62. The van der Waals surface area contributed by atoms with Crippen molar-refractivity contribution in [2.45, 2.75) is 0 Å². The quantitative estimate of drug-likeness (QED) is 0.210. The van der Waals surface area contributed by atoms with Gasteiger partial charge in [-0.2, -0.15) is 0 Å². The predicted octanol–water partition coefficient (Wildman–Crippen LogP) is 10.6. The minimum Gasteiger partial charge on any atom is -0.309 e. The van der Waals surface area contributed by atoms with E-state index in [1.54, 1.807) is 0 Å². The number of nitrogens with zero attached hydrogens (tertiary/aromatic N) is 3. The minimum absolute atomic E-state index is 1.01. The van der Waals surface area contributed by atoms with E-state index in [-0.39, 0.29) is 0 Å². The van der Waals surface area contributed by atoms with E-state index in [0.717, 1.165) is 44.4 Å². The summed E-state index contributed by atoms with van der Waals surface area (Å²) in [6.45, 7) is 0. The highest BCUT2D eigenvalue weighted by Crippen LogP contribution is 2.40. The van der Waals surface area contributed by atoms with Crippen molar-refractivity contribution in [3.63, 3.8) is 0 Å². The summed E-state index contributed by atoms with van der Waals surface area (Å²) in [5.74, 6) is 0. The molecule has 0 N–H and O–H groups in total. The van der Waals surface area contributed by atoms with Crippen molar-refractivity contribution in [1.82, 2.24) is 14.1 Å². The Bertz CT molecular complexity index is 2470. The van der Waals surface area contributed by atoms with E-state index < -0.39 is 0 Å². The Morgan fingerprint density at radius 2 is 0.977 bits per heavy atom. The van der Waals surface area contributed by atoms with Crippen LogP contribution in [-0.2, 0) is 0 Å². The van der Waals surface area contributed by atoms with Crippen molar-refractivity contribution in [2.75, 3.05) is 0 Å². The van der Waals surface area contributed by atoms with E-state index in [9.17, 15) is 0 Å². The monoisotopic (exact) mass is 561 g/mol. The van der Waals surface area contributed by atoms with E-state index in [4.69, 9.17) is 4.98 Å². The number of hydrogen-bond donors (Lipinski definition) is 0. The summed E-state index contributed by atoms with van der Waals surface area (Å²) in [6.07, 6.45) is 2.04. The number of benzene rings is 6. The van der Waals surface area contributed by atoms with E-state index in [0.29, 0.717) is 0 Å². The van der Waals surface area contributed by atoms with Gasteiger partial charge in [0.2, 0.25) is 0 Å². The molecule has 0 bridgehead atoms. The summed E-state index contributed by atoms with van der Waals surface area (Å²) < 4.78 is 4.74. The maximum Gasteiger partial charge on any atom is 0.0963 e. The molecule has 0 spiro atoms. The van der Waals surface area contributed by atoms with Crippen LogP contribution in [0.15, 0.2) is 164 Å². The van der Waals surface area contributed by atoms with Gasteiger partial charge in [0.25, 0.3) is 0 Å². The van der Waals surface area contributed by atoms with Gasteiger partial charge >= 0.3 is 0 Å². The molecule has 3 nitrogen and oxygen atoms in total. The number of pyridine rings is 1. The zero-order valence-electron chi connectivity index (χ0n) is 23.9. The first kappa shape index (κ1) is 24.6. The summed E-state index contributed by atoms with van der Waals surface area (Å²) in [6, 6.07) is 56.2. The van der Waals surface area contributed by atoms with Crippen LogP contribution in [0, 0.1) is 0 Å². The fraction of sp³-hybridized carbons (Fsp3) is 0. The summed E-state index contributed by atoms with van der Waals surface area (Å²) in [4.78, 5) is 5.11. The van der Waals surface area contributed by atoms with Crippen LogP contribution < -0.4 is 0 Å². The number of rotatable bonds is 4. The van der Waals surface area contributed by atoms with Gasteiger partial charge in [-0.3, -0.25) is 4.98 Å². The first-order valence-electron chi connectivity index (χ1n) is 15.0. The van der Waals surface area contributed by atoms with Crippen molar-refractivity contribution in [1.29, 1.82) is 0 Å². The topological polar surface area (TPSA) is 22.8 Å². The first-order valence-corrected chi connectivity index (χ1v) is 15.0. The molecule has 3 heteroatoms. The molecule has 0 unspecified atom stereocenters. The van der Waals surface area contributed by atoms with Gasteiger partial charge in [0.1, 0.15) is 0 Å². The lowest BCUT2D eigenvalue weighted by Crippen LogP contribution is -1.96. The molecule has 3 heterocycles. The van der Waals surface area contributed by atoms with Crippen molar-refractivity contribution in [2.24, 2.45) is 0 Å². The van der Waals surface area contributed by atoms with Crippen LogP contribution in [0.3, 0.4) is 0 Å². The molecular weight excluding hydrogens is 534 g/mol. The lowest BCUT2D eigenvalue weighted by atomic mass is 10.0. The standard InChI is InChI=1S/C41H27N3/c1-3-12-28(13-4-1)29-22-24-32(25-23-29)44-37-20-9-7-16-34(37)35-19-11-18-33(41(35)44)30-26-39-40(42-27-30)36-17-8-10-21-38(36)43(39)31-14-5-2-6-15-31/h1-27H. The van der Waals surface area contributed by atoms with Crippen LogP contribution in [0.2, 0.25) is 0 Å². The molecule has 206 valence electrons. The number of para-hydroxylation sites is 4. The summed E-state index contributed by atoms with van der Waals surface area (Å²) in [5, 5.41) is 3.63. The number of aromatic nitrogens is 3. The smallest absolute Gasteiger partial charge is 0.0963 e. The van der Waals surface area contributed by atoms with Crippen LogP contribution in [-0.4, -0.2) is 14.1 Å². The van der Waals surface area contributed by atoms with E-state index in [1.165, 1.54) is 32.9 Å². The Morgan fingerprint density at radius 3 is 1.75 bits per heavy atom. The lowest BCUT2D eigenvalue weighted by Gasteiger charge is -2.13. The Morgan fingerprint density at radius 1 is 0.386 bits per heavy atom. The summed E-state index contributed by atoms with van der Waals surface area (Å²) in [5.41, 5.74) is 12.6. The largest absolute Gasteiger partial charge is 0.309 e. The summed E-state index contributed by atoms with van der Waals surface area (Å²) in [7, 11) is 0. The van der Waals surface area contributed by atoms with Gasteiger partial charge < -0.3 is 9.13 Å².